The van der Waals surface area contributed by atoms with Crippen LogP contribution in [0.4, 0.5) is 0 Å². The highest BCUT2D eigenvalue weighted by molar-refractivity contribution is 14.0. The summed E-state index contributed by atoms with van der Waals surface area (Å²) in [5.74, 6) is 1.02. The summed E-state index contributed by atoms with van der Waals surface area (Å²) in [7, 11) is 0.662. The average molecular weight is 531 g/mol. The van der Waals surface area contributed by atoms with Gasteiger partial charge in [0.05, 0.1) is 5.75 Å². The molecule has 0 amide bonds. The van der Waals surface area contributed by atoms with Gasteiger partial charge in [0, 0.05) is 44.7 Å². The smallest absolute Gasteiger partial charge is 0.214 e. The molecule has 1 heterocycles. The van der Waals surface area contributed by atoms with Gasteiger partial charge in [0.2, 0.25) is 10.0 Å². The molecule has 6 nitrogen and oxygen atoms in total. The lowest BCUT2D eigenvalue weighted by Crippen LogP contribution is -2.42. The molecule has 0 aliphatic carbocycles. The monoisotopic (exact) mass is 530 g/mol. The fourth-order valence-electron chi connectivity index (χ4n) is 2.56. The molecule has 0 atom stereocenters. The molecule has 0 aromatic heterocycles. The highest BCUT2D eigenvalue weighted by Gasteiger charge is 2.27. The summed E-state index contributed by atoms with van der Waals surface area (Å²) in [6.07, 6.45) is 0.723. The number of nitrogens with one attached hydrogen (secondary N) is 1. The standard InChI is InChI=1S/C15H23BrN4O2S.HI/c1-17-15(18-8-10-20-9-3-11-23(20,21)22)19(2)12-13-4-6-14(16)7-5-13;/h4-7H,3,8-12H2,1-2H3,(H,17,18);1H. The summed E-state index contributed by atoms with van der Waals surface area (Å²) < 4.78 is 26.1. The predicted molar refractivity (Wildman–Crippen MR) is 112 cm³/mol. The Bertz CT molecular complexity index is 652. The first-order chi connectivity index (χ1) is 10.9. The van der Waals surface area contributed by atoms with Crippen LogP contribution in [0, 0.1) is 0 Å². The third kappa shape index (κ3) is 6.16. The maximum atomic E-state index is 11.8. The Morgan fingerprint density at radius 1 is 1.38 bits per heavy atom. The summed E-state index contributed by atoms with van der Waals surface area (Å²) in [5.41, 5.74) is 1.18. The van der Waals surface area contributed by atoms with Crippen LogP contribution in [-0.2, 0) is 16.6 Å². The normalized spacial score (nSPS) is 17.4. The van der Waals surface area contributed by atoms with E-state index in [4.69, 9.17) is 0 Å². The zero-order chi connectivity index (χ0) is 16.9. The van der Waals surface area contributed by atoms with Crippen LogP contribution in [0.3, 0.4) is 0 Å². The summed E-state index contributed by atoms with van der Waals surface area (Å²) >= 11 is 3.43. The molecule has 136 valence electrons. The second kappa shape index (κ2) is 9.93. The average Bonchev–Trinajstić information content (AvgIpc) is 2.84. The van der Waals surface area contributed by atoms with Gasteiger partial charge in [-0.25, -0.2) is 12.7 Å². The molecule has 1 aromatic carbocycles. The van der Waals surface area contributed by atoms with Gasteiger partial charge in [-0.15, -0.1) is 24.0 Å². The molecule has 1 N–H and O–H groups in total. The first-order valence-electron chi connectivity index (χ1n) is 7.56. The molecule has 1 fully saturated rings. The zero-order valence-electron chi connectivity index (χ0n) is 13.9. The molecule has 0 saturated carbocycles. The predicted octanol–water partition coefficient (Wildman–Crippen LogP) is 2.11. The Hall–Kier alpha value is -0.390. The first kappa shape index (κ1) is 21.7. The molecule has 0 bridgehead atoms. The van der Waals surface area contributed by atoms with Crippen molar-refractivity contribution in [2.75, 3.05) is 39.5 Å². The van der Waals surface area contributed by atoms with Gasteiger partial charge >= 0.3 is 0 Å². The minimum absolute atomic E-state index is 0. The van der Waals surface area contributed by atoms with Crippen molar-refractivity contribution < 1.29 is 8.42 Å². The fourth-order valence-corrected chi connectivity index (χ4v) is 4.35. The number of rotatable bonds is 5. The highest BCUT2D eigenvalue weighted by atomic mass is 127. The van der Waals surface area contributed by atoms with E-state index < -0.39 is 10.0 Å². The Labute approximate surface area is 169 Å². The number of sulfonamides is 1. The van der Waals surface area contributed by atoms with Crippen molar-refractivity contribution in [2.45, 2.75) is 13.0 Å². The van der Waals surface area contributed by atoms with Crippen LogP contribution in [0.15, 0.2) is 33.7 Å². The second-order valence-electron chi connectivity index (χ2n) is 5.53. The van der Waals surface area contributed by atoms with Crippen LogP contribution in [0.1, 0.15) is 12.0 Å². The van der Waals surface area contributed by atoms with Gasteiger partial charge in [-0.3, -0.25) is 4.99 Å². The summed E-state index contributed by atoms with van der Waals surface area (Å²) in [4.78, 5) is 6.27. The van der Waals surface area contributed by atoms with Crippen molar-refractivity contribution in [1.82, 2.24) is 14.5 Å². The summed E-state index contributed by atoms with van der Waals surface area (Å²) in [5, 5.41) is 3.23. The summed E-state index contributed by atoms with van der Waals surface area (Å²) in [6.45, 7) is 2.39. The molecule has 0 radical (unpaired) electrons. The van der Waals surface area contributed by atoms with E-state index in [0.717, 1.165) is 23.4 Å². The number of aliphatic imine (C=N–C) groups is 1. The van der Waals surface area contributed by atoms with E-state index in [1.54, 1.807) is 11.4 Å². The minimum Gasteiger partial charge on any atom is -0.355 e. The molecule has 1 aliphatic heterocycles. The van der Waals surface area contributed by atoms with E-state index in [-0.39, 0.29) is 29.7 Å². The number of hydrogen-bond donors (Lipinski definition) is 1. The van der Waals surface area contributed by atoms with Crippen LogP contribution in [-0.4, -0.2) is 63.1 Å². The zero-order valence-corrected chi connectivity index (χ0v) is 18.6. The van der Waals surface area contributed by atoms with E-state index in [1.165, 1.54) is 5.56 Å². The second-order valence-corrected chi connectivity index (χ2v) is 8.53. The topological polar surface area (TPSA) is 65.0 Å². The number of guanidine groups is 1. The third-order valence-electron chi connectivity index (χ3n) is 3.75. The maximum Gasteiger partial charge on any atom is 0.214 e. The molecular weight excluding hydrogens is 507 g/mol. The summed E-state index contributed by atoms with van der Waals surface area (Å²) in [6, 6.07) is 8.14. The van der Waals surface area contributed by atoms with Gasteiger partial charge in [0.25, 0.3) is 0 Å². The Balaban J connectivity index is 0.00000288. The molecule has 0 spiro atoms. The molecule has 24 heavy (non-hydrogen) atoms. The lowest BCUT2D eigenvalue weighted by atomic mass is 10.2. The lowest BCUT2D eigenvalue weighted by molar-refractivity contribution is 0.432. The Morgan fingerprint density at radius 3 is 2.58 bits per heavy atom. The lowest BCUT2D eigenvalue weighted by Gasteiger charge is -2.23. The van der Waals surface area contributed by atoms with Crippen molar-refractivity contribution >= 4 is 55.9 Å². The van der Waals surface area contributed by atoms with E-state index in [0.29, 0.717) is 19.6 Å². The fraction of sp³-hybridized carbons (Fsp3) is 0.533. The van der Waals surface area contributed by atoms with Crippen molar-refractivity contribution in [3.05, 3.63) is 34.3 Å². The van der Waals surface area contributed by atoms with Gasteiger partial charge in [0.15, 0.2) is 5.96 Å². The molecule has 2 rings (SSSR count). The van der Waals surface area contributed by atoms with Crippen LogP contribution in [0.5, 0.6) is 0 Å². The Kier molecular flexibility index (Phi) is 8.96. The van der Waals surface area contributed by atoms with Crippen LogP contribution in [0.2, 0.25) is 0 Å². The van der Waals surface area contributed by atoms with Crippen molar-refractivity contribution in [1.29, 1.82) is 0 Å². The van der Waals surface area contributed by atoms with E-state index in [2.05, 4.69) is 38.4 Å². The van der Waals surface area contributed by atoms with E-state index in [9.17, 15) is 8.42 Å². The number of nitrogens with zero attached hydrogens (tertiary/aromatic N) is 3. The highest BCUT2D eigenvalue weighted by Crippen LogP contribution is 2.13. The molecule has 1 aliphatic rings. The van der Waals surface area contributed by atoms with Gasteiger partial charge in [-0.05, 0) is 24.1 Å². The SMILES string of the molecule is CN=C(NCCN1CCCS1(=O)=O)N(C)Cc1ccc(Br)cc1.I. The number of halogens is 2. The van der Waals surface area contributed by atoms with Gasteiger partial charge in [-0.1, -0.05) is 28.1 Å². The van der Waals surface area contributed by atoms with Crippen molar-refractivity contribution in [3.63, 3.8) is 0 Å². The number of hydrogen-bond acceptors (Lipinski definition) is 3. The Morgan fingerprint density at radius 2 is 2.04 bits per heavy atom. The van der Waals surface area contributed by atoms with Crippen molar-refractivity contribution in [2.24, 2.45) is 4.99 Å². The minimum atomic E-state index is -3.03. The van der Waals surface area contributed by atoms with Gasteiger partial charge < -0.3 is 10.2 Å². The largest absolute Gasteiger partial charge is 0.355 e. The molecule has 9 heteroatoms. The molecule has 1 saturated heterocycles. The van der Waals surface area contributed by atoms with Gasteiger partial charge in [-0.2, -0.15) is 0 Å². The molecular formula is C15H24BrIN4O2S. The molecule has 1 aromatic rings. The van der Waals surface area contributed by atoms with Crippen LogP contribution >= 0.6 is 39.9 Å². The van der Waals surface area contributed by atoms with Crippen LogP contribution < -0.4 is 5.32 Å². The molecule has 0 unspecified atom stereocenters. The first-order valence-corrected chi connectivity index (χ1v) is 9.96. The van der Waals surface area contributed by atoms with E-state index >= 15 is 0 Å². The van der Waals surface area contributed by atoms with Gasteiger partial charge in [0.1, 0.15) is 0 Å². The van der Waals surface area contributed by atoms with Crippen molar-refractivity contribution in [3.8, 4) is 0 Å². The maximum absolute atomic E-state index is 11.8. The number of benzene rings is 1. The van der Waals surface area contributed by atoms with Crippen LogP contribution in [0.25, 0.3) is 0 Å². The third-order valence-corrected chi connectivity index (χ3v) is 6.24. The van der Waals surface area contributed by atoms with E-state index in [1.807, 2.05) is 24.1 Å². The quantitative estimate of drug-likeness (QED) is 0.360.